The van der Waals surface area contributed by atoms with Crippen molar-refractivity contribution < 1.29 is 22.7 Å². The first-order valence-electron chi connectivity index (χ1n) is 14.6. The van der Waals surface area contributed by atoms with Crippen LogP contribution in [-0.2, 0) is 32.6 Å². The molecule has 0 aliphatic heterocycles. The molecule has 1 unspecified atom stereocenters. The van der Waals surface area contributed by atoms with Crippen LogP contribution in [0.1, 0.15) is 25.0 Å². The highest BCUT2D eigenvalue weighted by molar-refractivity contribution is 7.92. The third kappa shape index (κ3) is 8.48. The highest BCUT2D eigenvalue weighted by atomic mass is 32.2. The smallest absolute Gasteiger partial charge is 0.264 e. The summed E-state index contributed by atoms with van der Waals surface area (Å²) in [6.45, 7) is 3.99. The van der Waals surface area contributed by atoms with E-state index < -0.39 is 28.5 Å². The molecule has 0 radical (unpaired) electrons. The summed E-state index contributed by atoms with van der Waals surface area (Å²) in [4.78, 5) is 29.8. The van der Waals surface area contributed by atoms with Crippen LogP contribution in [0.3, 0.4) is 0 Å². The lowest BCUT2D eigenvalue weighted by atomic mass is 10.0. The Morgan fingerprint density at radius 2 is 1.39 bits per heavy atom. The maximum absolute atomic E-state index is 14.4. The Labute approximate surface area is 260 Å². The van der Waals surface area contributed by atoms with Crippen molar-refractivity contribution in [3.8, 4) is 5.75 Å². The Morgan fingerprint density at radius 3 is 2.00 bits per heavy atom. The van der Waals surface area contributed by atoms with E-state index in [1.165, 1.54) is 17.0 Å². The SMILES string of the molecule is COc1cccc(CN(C(=O)CN(c2ccccc2)S(=O)(=O)c2ccccc2)C(Cc2ccccc2)C(=O)NCC(C)C)c1. The van der Waals surface area contributed by atoms with Gasteiger partial charge in [0.25, 0.3) is 10.0 Å². The fraction of sp³-hybridized carbons (Fsp3) is 0.257. The summed E-state index contributed by atoms with van der Waals surface area (Å²) < 4.78 is 34.4. The van der Waals surface area contributed by atoms with E-state index in [2.05, 4.69) is 5.32 Å². The Morgan fingerprint density at radius 1 is 0.795 bits per heavy atom. The molecule has 8 nitrogen and oxygen atoms in total. The molecular weight excluding hydrogens is 574 g/mol. The third-order valence-corrected chi connectivity index (χ3v) is 8.89. The number of rotatable bonds is 14. The summed E-state index contributed by atoms with van der Waals surface area (Å²) in [6.07, 6.45) is 0.247. The zero-order valence-electron chi connectivity index (χ0n) is 25.3. The van der Waals surface area contributed by atoms with Crippen LogP contribution >= 0.6 is 0 Å². The van der Waals surface area contributed by atoms with Crippen molar-refractivity contribution in [2.45, 2.75) is 37.8 Å². The number of para-hydroxylation sites is 1. The van der Waals surface area contributed by atoms with E-state index in [-0.39, 0.29) is 29.7 Å². The summed E-state index contributed by atoms with van der Waals surface area (Å²) in [5.41, 5.74) is 1.96. The number of benzene rings is 4. The minimum Gasteiger partial charge on any atom is -0.497 e. The molecule has 230 valence electrons. The number of carbonyl (C=O) groups excluding carboxylic acids is 2. The molecule has 4 rings (SSSR count). The van der Waals surface area contributed by atoms with Gasteiger partial charge in [-0.25, -0.2) is 8.42 Å². The number of ether oxygens (including phenoxy) is 1. The fourth-order valence-electron chi connectivity index (χ4n) is 4.79. The zero-order valence-corrected chi connectivity index (χ0v) is 26.1. The number of nitrogens with one attached hydrogen (secondary N) is 1. The number of hydrogen-bond donors (Lipinski definition) is 1. The minimum atomic E-state index is -4.13. The van der Waals surface area contributed by atoms with Crippen molar-refractivity contribution in [1.82, 2.24) is 10.2 Å². The molecule has 0 heterocycles. The second-order valence-corrected chi connectivity index (χ2v) is 12.7. The van der Waals surface area contributed by atoms with Gasteiger partial charge in [0.15, 0.2) is 0 Å². The van der Waals surface area contributed by atoms with Crippen LogP contribution in [0.5, 0.6) is 5.75 Å². The monoisotopic (exact) mass is 613 g/mol. The van der Waals surface area contributed by atoms with Gasteiger partial charge in [-0.1, -0.05) is 92.7 Å². The standard InChI is InChI=1S/C35H39N3O5S/c1-27(2)24-36-35(40)33(23-28-14-7-4-8-15-28)37(25-29-16-13-19-31(22-29)43-3)34(39)26-38(30-17-9-5-10-18-30)44(41,42)32-20-11-6-12-21-32/h4-22,27,33H,23-26H2,1-3H3,(H,36,40). The van der Waals surface area contributed by atoms with Gasteiger partial charge in [-0.15, -0.1) is 0 Å². The van der Waals surface area contributed by atoms with Gasteiger partial charge in [-0.3, -0.25) is 13.9 Å². The summed E-state index contributed by atoms with van der Waals surface area (Å²) >= 11 is 0. The van der Waals surface area contributed by atoms with Crippen molar-refractivity contribution in [2.75, 3.05) is 24.5 Å². The summed E-state index contributed by atoms with van der Waals surface area (Å²) in [7, 11) is -2.57. The molecule has 1 atom stereocenters. The van der Waals surface area contributed by atoms with E-state index in [9.17, 15) is 18.0 Å². The van der Waals surface area contributed by atoms with E-state index >= 15 is 0 Å². The molecule has 0 saturated heterocycles. The average Bonchev–Trinajstić information content (AvgIpc) is 3.05. The number of hydrogen-bond acceptors (Lipinski definition) is 5. The molecule has 4 aromatic carbocycles. The molecule has 4 aromatic rings. The Kier molecular flexibility index (Phi) is 11.2. The molecule has 0 fully saturated rings. The van der Waals surface area contributed by atoms with Crippen LogP contribution in [0, 0.1) is 5.92 Å². The van der Waals surface area contributed by atoms with E-state index in [0.29, 0.717) is 18.0 Å². The van der Waals surface area contributed by atoms with E-state index in [4.69, 9.17) is 4.74 Å². The summed E-state index contributed by atoms with van der Waals surface area (Å²) in [5.74, 6) is -0.0208. The topological polar surface area (TPSA) is 96.0 Å². The second kappa shape index (κ2) is 15.2. The van der Waals surface area contributed by atoms with Gasteiger partial charge >= 0.3 is 0 Å². The Bertz CT molecular complexity index is 1610. The number of nitrogens with zero attached hydrogens (tertiary/aromatic N) is 2. The number of methoxy groups -OCH3 is 1. The van der Waals surface area contributed by atoms with Gasteiger partial charge in [0.2, 0.25) is 11.8 Å². The van der Waals surface area contributed by atoms with Crippen LogP contribution in [0.15, 0.2) is 120 Å². The lowest BCUT2D eigenvalue weighted by Gasteiger charge is -2.34. The van der Waals surface area contributed by atoms with Crippen LogP contribution in [0.4, 0.5) is 5.69 Å². The van der Waals surface area contributed by atoms with Gasteiger partial charge in [0, 0.05) is 19.5 Å². The first-order chi connectivity index (χ1) is 21.2. The lowest BCUT2D eigenvalue weighted by Crippen LogP contribution is -2.53. The fourth-order valence-corrected chi connectivity index (χ4v) is 6.22. The molecule has 0 aliphatic rings. The molecule has 0 bridgehead atoms. The van der Waals surface area contributed by atoms with E-state index in [1.807, 2.05) is 62.4 Å². The highest BCUT2D eigenvalue weighted by Crippen LogP contribution is 2.25. The summed E-state index contributed by atoms with van der Waals surface area (Å²) in [5, 5.41) is 3.00. The van der Waals surface area contributed by atoms with Crippen molar-refractivity contribution >= 4 is 27.5 Å². The predicted octanol–water partition coefficient (Wildman–Crippen LogP) is 5.30. The number of sulfonamides is 1. The van der Waals surface area contributed by atoms with Crippen molar-refractivity contribution in [3.05, 3.63) is 126 Å². The minimum absolute atomic E-state index is 0.0616. The Balaban J connectivity index is 1.78. The predicted molar refractivity (Wildman–Crippen MR) is 173 cm³/mol. The van der Waals surface area contributed by atoms with Crippen LogP contribution in [0.2, 0.25) is 0 Å². The van der Waals surface area contributed by atoms with Crippen molar-refractivity contribution in [1.29, 1.82) is 0 Å². The first-order valence-corrected chi connectivity index (χ1v) is 16.0. The highest BCUT2D eigenvalue weighted by Gasteiger charge is 2.34. The molecule has 44 heavy (non-hydrogen) atoms. The van der Waals surface area contributed by atoms with Crippen molar-refractivity contribution in [3.63, 3.8) is 0 Å². The van der Waals surface area contributed by atoms with Gasteiger partial charge in [-0.2, -0.15) is 0 Å². The number of carbonyl (C=O) groups is 2. The summed E-state index contributed by atoms with van der Waals surface area (Å²) in [6, 6.07) is 32.4. The van der Waals surface area contributed by atoms with Crippen LogP contribution < -0.4 is 14.4 Å². The molecule has 2 amide bonds. The van der Waals surface area contributed by atoms with E-state index in [0.717, 1.165) is 15.4 Å². The van der Waals surface area contributed by atoms with E-state index in [1.54, 1.807) is 61.7 Å². The first kappa shape index (κ1) is 32.3. The average molecular weight is 614 g/mol. The molecule has 0 spiro atoms. The maximum Gasteiger partial charge on any atom is 0.264 e. The van der Waals surface area contributed by atoms with Crippen molar-refractivity contribution in [2.24, 2.45) is 5.92 Å². The molecule has 0 aliphatic carbocycles. The lowest BCUT2D eigenvalue weighted by molar-refractivity contribution is -0.140. The maximum atomic E-state index is 14.4. The number of anilines is 1. The molecule has 9 heteroatoms. The zero-order chi connectivity index (χ0) is 31.5. The number of amides is 2. The molecule has 0 aromatic heterocycles. The normalized spacial score (nSPS) is 11.9. The third-order valence-electron chi connectivity index (χ3n) is 7.10. The second-order valence-electron chi connectivity index (χ2n) is 10.9. The molecule has 1 N–H and O–H groups in total. The van der Waals surface area contributed by atoms with Gasteiger partial charge < -0.3 is 15.0 Å². The van der Waals surface area contributed by atoms with Crippen LogP contribution in [0.25, 0.3) is 0 Å². The van der Waals surface area contributed by atoms with Gasteiger partial charge in [0.1, 0.15) is 18.3 Å². The van der Waals surface area contributed by atoms with Crippen LogP contribution in [-0.4, -0.2) is 51.4 Å². The molecule has 0 saturated carbocycles. The Hall–Kier alpha value is -4.63. The quantitative estimate of drug-likeness (QED) is 0.208. The molecular formula is C35H39N3O5S. The van der Waals surface area contributed by atoms with Gasteiger partial charge in [-0.05, 0) is 53.4 Å². The largest absolute Gasteiger partial charge is 0.497 e. The van der Waals surface area contributed by atoms with Gasteiger partial charge in [0.05, 0.1) is 17.7 Å².